The Hall–Kier alpha value is -1.10. The number of alkyl halides is 2. The van der Waals surface area contributed by atoms with Crippen LogP contribution in [0.3, 0.4) is 0 Å². The van der Waals surface area contributed by atoms with Gasteiger partial charge in [-0.15, -0.1) is 0 Å². The van der Waals surface area contributed by atoms with Gasteiger partial charge in [-0.3, -0.25) is 9.59 Å². The quantitative estimate of drug-likeness (QED) is 0.574. The summed E-state index contributed by atoms with van der Waals surface area (Å²) in [6, 6.07) is 1.52. The maximum absolute atomic E-state index is 12.0. The van der Waals surface area contributed by atoms with Gasteiger partial charge in [0.15, 0.2) is 5.78 Å². The van der Waals surface area contributed by atoms with Gasteiger partial charge in [0.1, 0.15) is 0 Å². The lowest BCUT2D eigenvalue weighted by Crippen LogP contribution is -2.26. The van der Waals surface area contributed by atoms with Crippen molar-refractivity contribution in [2.45, 2.75) is 13.3 Å². The molecule has 0 saturated heterocycles. The highest BCUT2D eigenvalue weighted by Crippen LogP contribution is 2.15. The summed E-state index contributed by atoms with van der Waals surface area (Å²) in [7, 11) is 0. The summed E-state index contributed by atoms with van der Waals surface area (Å²) in [5.74, 6) is -3.12. The lowest BCUT2D eigenvalue weighted by atomic mass is 9.97. The van der Waals surface area contributed by atoms with E-state index in [9.17, 15) is 18.4 Å². The maximum Gasteiger partial charge on any atom is 0.296 e. The van der Waals surface area contributed by atoms with Gasteiger partial charge in [0, 0.05) is 10.9 Å². The van der Waals surface area contributed by atoms with Gasteiger partial charge in [0.2, 0.25) is 5.78 Å². The standard InChI is InChI=1S/C9H8F2O2S/c1-5(8(13)9(10)11)7(12)6-2-3-14-4-6/h2-5,9H,1H3. The molecular weight excluding hydrogens is 210 g/mol. The predicted molar refractivity (Wildman–Crippen MR) is 48.8 cm³/mol. The molecule has 14 heavy (non-hydrogen) atoms. The molecule has 1 aromatic rings. The van der Waals surface area contributed by atoms with Crippen molar-refractivity contribution in [3.63, 3.8) is 0 Å². The first-order valence-corrected chi connectivity index (χ1v) is 4.86. The van der Waals surface area contributed by atoms with Crippen LogP contribution in [0.4, 0.5) is 8.78 Å². The van der Waals surface area contributed by atoms with E-state index in [2.05, 4.69) is 0 Å². The van der Waals surface area contributed by atoms with Crippen molar-refractivity contribution < 1.29 is 18.4 Å². The zero-order valence-corrected chi connectivity index (χ0v) is 8.18. The molecule has 0 N–H and O–H groups in total. The van der Waals surface area contributed by atoms with Gasteiger partial charge in [-0.05, 0) is 18.4 Å². The molecule has 0 fully saturated rings. The van der Waals surface area contributed by atoms with Crippen molar-refractivity contribution in [2.24, 2.45) is 5.92 Å². The molecule has 1 aromatic heterocycles. The fourth-order valence-corrected chi connectivity index (χ4v) is 1.62. The van der Waals surface area contributed by atoms with Gasteiger partial charge >= 0.3 is 0 Å². The van der Waals surface area contributed by atoms with E-state index in [1.807, 2.05) is 0 Å². The highest BCUT2D eigenvalue weighted by molar-refractivity contribution is 7.08. The van der Waals surface area contributed by atoms with Crippen molar-refractivity contribution in [2.75, 3.05) is 0 Å². The smallest absolute Gasteiger partial charge is 0.293 e. The molecule has 0 aliphatic rings. The Balaban J connectivity index is 2.76. The van der Waals surface area contributed by atoms with E-state index in [-0.39, 0.29) is 0 Å². The average Bonchev–Trinajstić information content (AvgIpc) is 2.67. The van der Waals surface area contributed by atoms with Crippen LogP contribution in [-0.4, -0.2) is 18.0 Å². The maximum atomic E-state index is 12.0. The number of carbonyl (C=O) groups excluding carboxylic acids is 2. The van der Waals surface area contributed by atoms with Crippen LogP contribution in [0.1, 0.15) is 17.3 Å². The number of halogens is 2. The van der Waals surface area contributed by atoms with Crippen molar-refractivity contribution in [3.8, 4) is 0 Å². The molecule has 1 atom stereocenters. The third kappa shape index (κ3) is 2.23. The van der Waals surface area contributed by atoms with Crippen LogP contribution in [0, 0.1) is 5.92 Å². The zero-order valence-electron chi connectivity index (χ0n) is 7.37. The Morgan fingerprint density at radius 2 is 2.07 bits per heavy atom. The fraction of sp³-hybridized carbons (Fsp3) is 0.333. The van der Waals surface area contributed by atoms with Crippen LogP contribution in [0.2, 0.25) is 0 Å². The van der Waals surface area contributed by atoms with Gasteiger partial charge in [-0.1, -0.05) is 0 Å². The molecule has 76 valence electrons. The number of Topliss-reactive ketones (excluding diaryl/α,β-unsaturated/α-hetero) is 2. The molecule has 0 aromatic carbocycles. The van der Waals surface area contributed by atoms with Crippen molar-refractivity contribution in [1.82, 2.24) is 0 Å². The number of hydrogen-bond acceptors (Lipinski definition) is 3. The molecule has 0 aliphatic carbocycles. The molecule has 1 rings (SSSR count). The molecule has 0 spiro atoms. The molecule has 0 amide bonds. The number of ketones is 2. The first-order valence-electron chi connectivity index (χ1n) is 3.92. The normalized spacial score (nSPS) is 12.9. The largest absolute Gasteiger partial charge is 0.296 e. The highest BCUT2D eigenvalue weighted by Gasteiger charge is 2.29. The van der Waals surface area contributed by atoms with Crippen LogP contribution in [0.25, 0.3) is 0 Å². The number of carbonyl (C=O) groups is 2. The first-order chi connectivity index (χ1) is 6.54. The van der Waals surface area contributed by atoms with Crippen LogP contribution in [0.15, 0.2) is 16.8 Å². The third-order valence-corrected chi connectivity index (χ3v) is 2.52. The minimum Gasteiger partial charge on any atom is -0.293 e. The second kappa shape index (κ2) is 4.41. The summed E-state index contributed by atoms with van der Waals surface area (Å²) in [6.45, 7) is 1.20. The van der Waals surface area contributed by atoms with E-state index >= 15 is 0 Å². The lowest BCUT2D eigenvalue weighted by molar-refractivity contribution is -0.131. The molecule has 0 saturated carbocycles. The zero-order chi connectivity index (χ0) is 10.7. The van der Waals surface area contributed by atoms with Gasteiger partial charge in [0.25, 0.3) is 6.43 Å². The van der Waals surface area contributed by atoms with Crippen molar-refractivity contribution in [1.29, 1.82) is 0 Å². The molecule has 1 unspecified atom stereocenters. The first kappa shape index (κ1) is 11.0. The summed E-state index contributed by atoms with van der Waals surface area (Å²) in [5, 5.41) is 3.20. The molecule has 5 heteroatoms. The topological polar surface area (TPSA) is 34.1 Å². The van der Waals surface area contributed by atoms with Crippen LogP contribution in [0.5, 0.6) is 0 Å². The summed E-state index contributed by atoms with van der Waals surface area (Å²) >= 11 is 1.29. The van der Waals surface area contributed by atoms with Crippen LogP contribution >= 0.6 is 11.3 Å². The molecule has 0 aliphatic heterocycles. The number of hydrogen-bond donors (Lipinski definition) is 0. The Bertz CT molecular complexity index is 333. The van der Waals surface area contributed by atoms with E-state index in [0.717, 1.165) is 0 Å². The fourth-order valence-electron chi connectivity index (χ4n) is 0.973. The van der Waals surface area contributed by atoms with E-state index in [1.54, 1.807) is 5.38 Å². The summed E-state index contributed by atoms with van der Waals surface area (Å²) < 4.78 is 24.0. The Kier molecular flexibility index (Phi) is 3.46. The summed E-state index contributed by atoms with van der Waals surface area (Å²) in [5.41, 5.74) is 0.316. The minimum absolute atomic E-state index is 0.316. The Morgan fingerprint density at radius 3 is 2.50 bits per heavy atom. The Labute approximate surface area is 83.6 Å². The molecule has 0 bridgehead atoms. The van der Waals surface area contributed by atoms with Gasteiger partial charge in [-0.25, -0.2) is 8.78 Å². The van der Waals surface area contributed by atoms with E-state index in [0.29, 0.717) is 5.56 Å². The predicted octanol–water partition coefficient (Wildman–Crippen LogP) is 2.40. The van der Waals surface area contributed by atoms with Gasteiger partial charge < -0.3 is 0 Å². The molecule has 1 heterocycles. The SMILES string of the molecule is CC(C(=O)c1ccsc1)C(=O)C(F)F. The third-order valence-electron chi connectivity index (χ3n) is 1.84. The van der Waals surface area contributed by atoms with Gasteiger partial charge in [-0.2, -0.15) is 11.3 Å². The molecular formula is C9H8F2O2S. The van der Waals surface area contributed by atoms with Crippen LogP contribution in [-0.2, 0) is 4.79 Å². The van der Waals surface area contributed by atoms with E-state index in [1.165, 1.54) is 29.7 Å². The van der Waals surface area contributed by atoms with E-state index in [4.69, 9.17) is 0 Å². The number of rotatable bonds is 4. The second-order valence-electron chi connectivity index (χ2n) is 2.80. The van der Waals surface area contributed by atoms with E-state index < -0.39 is 23.9 Å². The average molecular weight is 218 g/mol. The summed E-state index contributed by atoms with van der Waals surface area (Å²) in [6.07, 6.45) is -3.08. The van der Waals surface area contributed by atoms with Crippen molar-refractivity contribution in [3.05, 3.63) is 22.4 Å². The Morgan fingerprint density at radius 1 is 1.43 bits per heavy atom. The molecule has 2 nitrogen and oxygen atoms in total. The highest BCUT2D eigenvalue weighted by atomic mass is 32.1. The van der Waals surface area contributed by atoms with Gasteiger partial charge in [0.05, 0.1) is 5.92 Å². The van der Waals surface area contributed by atoms with Crippen molar-refractivity contribution >= 4 is 22.9 Å². The van der Waals surface area contributed by atoms with Crippen LogP contribution < -0.4 is 0 Å². The minimum atomic E-state index is -3.08. The second-order valence-corrected chi connectivity index (χ2v) is 3.58. The molecule has 0 radical (unpaired) electrons. The monoisotopic (exact) mass is 218 g/mol. The lowest BCUT2D eigenvalue weighted by Gasteiger charge is -2.06. The number of thiophene rings is 1. The summed E-state index contributed by atoms with van der Waals surface area (Å²) in [4.78, 5) is 22.2.